The number of hydrogen-bond donors (Lipinski definition) is 2. The Bertz CT molecular complexity index is 1220. The van der Waals surface area contributed by atoms with Gasteiger partial charge in [0.25, 0.3) is 11.8 Å². The van der Waals surface area contributed by atoms with Gasteiger partial charge in [-0.05, 0) is 39.0 Å². The number of hydrazine groups is 1. The van der Waals surface area contributed by atoms with Crippen LogP contribution in [0.15, 0.2) is 41.4 Å². The average Bonchev–Trinajstić information content (AvgIpc) is 3.10. The summed E-state index contributed by atoms with van der Waals surface area (Å²) in [6, 6.07) is 8.13. The number of aromatic nitrogens is 3. The van der Waals surface area contributed by atoms with Gasteiger partial charge in [0, 0.05) is 18.4 Å². The SMILES string of the molecule is Cc1ccc(S(=O)(=O)N(C)CC(=O)NNC(=O)c2cnn3c(C)cc(C)nc23)cc1. The number of benzene rings is 1. The minimum Gasteiger partial charge on any atom is -0.272 e. The van der Waals surface area contributed by atoms with Crippen LogP contribution in [-0.4, -0.2) is 52.7 Å². The van der Waals surface area contributed by atoms with Gasteiger partial charge in [-0.2, -0.15) is 9.40 Å². The first-order valence-corrected chi connectivity index (χ1v) is 10.5. The van der Waals surface area contributed by atoms with Crippen LogP contribution in [-0.2, 0) is 14.8 Å². The van der Waals surface area contributed by atoms with Crippen molar-refractivity contribution in [3.63, 3.8) is 0 Å². The highest BCUT2D eigenvalue weighted by atomic mass is 32.2. The summed E-state index contributed by atoms with van der Waals surface area (Å²) in [6.45, 7) is 5.01. The molecule has 30 heavy (non-hydrogen) atoms. The molecule has 0 bridgehead atoms. The van der Waals surface area contributed by atoms with E-state index in [4.69, 9.17) is 0 Å². The number of nitrogens with zero attached hydrogens (tertiary/aromatic N) is 4. The molecule has 0 fully saturated rings. The van der Waals surface area contributed by atoms with Crippen molar-refractivity contribution in [2.24, 2.45) is 0 Å². The molecule has 11 heteroatoms. The molecule has 3 aromatic rings. The lowest BCUT2D eigenvalue weighted by Gasteiger charge is -2.17. The fourth-order valence-corrected chi connectivity index (χ4v) is 3.97. The third-order valence-corrected chi connectivity index (χ3v) is 6.25. The quantitative estimate of drug-likeness (QED) is 0.575. The molecule has 0 radical (unpaired) electrons. The smallest absolute Gasteiger partial charge is 0.272 e. The molecule has 0 atom stereocenters. The molecule has 3 rings (SSSR count). The monoisotopic (exact) mass is 430 g/mol. The molecule has 10 nitrogen and oxygen atoms in total. The maximum atomic E-state index is 12.6. The number of likely N-dealkylation sites (N-methyl/N-ethyl adjacent to an activating group) is 1. The van der Waals surface area contributed by atoms with Gasteiger partial charge < -0.3 is 0 Å². The fourth-order valence-electron chi connectivity index (χ4n) is 2.84. The first kappa shape index (κ1) is 21.4. The van der Waals surface area contributed by atoms with Gasteiger partial charge in [0.1, 0.15) is 5.56 Å². The van der Waals surface area contributed by atoms with Crippen LogP contribution in [0.3, 0.4) is 0 Å². The summed E-state index contributed by atoms with van der Waals surface area (Å²) < 4.78 is 27.5. The van der Waals surface area contributed by atoms with E-state index in [1.54, 1.807) is 19.1 Å². The Labute approximate surface area is 173 Å². The fraction of sp³-hybridized carbons (Fsp3) is 0.263. The third kappa shape index (κ3) is 4.31. The lowest BCUT2D eigenvalue weighted by atomic mass is 10.2. The van der Waals surface area contributed by atoms with Crippen LogP contribution < -0.4 is 10.9 Å². The summed E-state index contributed by atoms with van der Waals surface area (Å²) in [5.74, 6) is -1.31. The number of fused-ring (bicyclic) bond motifs is 1. The summed E-state index contributed by atoms with van der Waals surface area (Å²) in [5.41, 5.74) is 7.48. The highest BCUT2D eigenvalue weighted by Gasteiger charge is 2.23. The van der Waals surface area contributed by atoms with Gasteiger partial charge in [0.2, 0.25) is 10.0 Å². The molecule has 0 unspecified atom stereocenters. The van der Waals surface area contributed by atoms with Gasteiger partial charge in [-0.15, -0.1) is 0 Å². The lowest BCUT2D eigenvalue weighted by molar-refractivity contribution is -0.121. The minimum atomic E-state index is -3.83. The Morgan fingerprint density at radius 2 is 1.77 bits per heavy atom. The molecule has 2 N–H and O–H groups in total. The van der Waals surface area contributed by atoms with Crippen molar-refractivity contribution >= 4 is 27.5 Å². The first-order chi connectivity index (χ1) is 14.1. The Hall–Kier alpha value is -3.31. The first-order valence-electron chi connectivity index (χ1n) is 9.04. The summed E-state index contributed by atoms with van der Waals surface area (Å²) in [4.78, 5) is 29.0. The van der Waals surface area contributed by atoms with Gasteiger partial charge in [0.05, 0.1) is 17.6 Å². The molecule has 1 aromatic carbocycles. The minimum absolute atomic E-state index is 0.0793. The number of sulfonamides is 1. The second-order valence-electron chi connectivity index (χ2n) is 6.91. The third-order valence-electron chi connectivity index (χ3n) is 4.43. The largest absolute Gasteiger partial charge is 0.275 e. The van der Waals surface area contributed by atoms with Crippen LogP contribution in [0, 0.1) is 20.8 Å². The molecule has 0 saturated heterocycles. The molecule has 2 amide bonds. The Kier molecular flexibility index (Phi) is 5.85. The average molecular weight is 430 g/mol. The molecule has 0 aliphatic rings. The van der Waals surface area contributed by atoms with E-state index in [2.05, 4.69) is 20.9 Å². The lowest BCUT2D eigenvalue weighted by Crippen LogP contribution is -2.46. The molecule has 0 aliphatic heterocycles. The van der Waals surface area contributed by atoms with E-state index in [-0.39, 0.29) is 10.5 Å². The van der Waals surface area contributed by atoms with Crippen LogP contribution >= 0.6 is 0 Å². The van der Waals surface area contributed by atoms with Crippen LogP contribution in [0.5, 0.6) is 0 Å². The van der Waals surface area contributed by atoms with E-state index in [0.717, 1.165) is 21.3 Å². The maximum Gasteiger partial charge on any atom is 0.275 e. The molecule has 158 valence electrons. The van der Waals surface area contributed by atoms with E-state index >= 15 is 0 Å². The molecule has 2 aromatic heterocycles. The van der Waals surface area contributed by atoms with Gasteiger partial charge in [-0.3, -0.25) is 20.4 Å². The summed E-state index contributed by atoms with van der Waals surface area (Å²) >= 11 is 0. The second kappa shape index (κ2) is 8.20. The van der Waals surface area contributed by atoms with E-state index < -0.39 is 28.4 Å². The van der Waals surface area contributed by atoms with Crippen molar-refractivity contribution in [2.45, 2.75) is 25.7 Å². The number of carbonyl (C=O) groups is 2. The molecule has 0 aliphatic carbocycles. The number of carbonyl (C=O) groups excluding carboxylic acids is 2. The van der Waals surface area contributed by atoms with Crippen molar-refractivity contribution < 1.29 is 18.0 Å². The van der Waals surface area contributed by atoms with Crippen molar-refractivity contribution in [3.8, 4) is 0 Å². The zero-order valence-electron chi connectivity index (χ0n) is 17.0. The summed E-state index contributed by atoms with van der Waals surface area (Å²) in [5, 5.41) is 4.12. The number of rotatable bonds is 5. The van der Waals surface area contributed by atoms with Gasteiger partial charge in [0.15, 0.2) is 5.65 Å². The Morgan fingerprint density at radius 1 is 1.10 bits per heavy atom. The van der Waals surface area contributed by atoms with Crippen LogP contribution in [0.2, 0.25) is 0 Å². The van der Waals surface area contributed by atoms with Crippen LogP contribution in [0.25, 0.3) is 5.65 Å². The van der Waals surface area contributed by atoms with E-state index in [1.165, 1.54) is 29.9 Å². The normalized spacial score (nSPS) is 11.6. The maximum absolute atomic E-state index is 12.6. The molecule has 2 heterocycles. The summed E-state index contributed by atoms with van der Waals surface area (Å²) in [7, 11) is -2.55. The van der Waals surface area contributed by atoms with Crippen molar-refractivity contribution in [2.75, 3.05) is 13.6 Å². The van der Waals surface area contributed by atoms with Crippen molar-refractivity contribution in [1.82, 2.24) is 29.8 Å². The highest BCUT2D eigenvalue weighted by Crippen LogP contribution is 2.15. The Morgan fingerprint density at radius 3 is 2.43 bits per heavy atom. The second-order valence-corrected chi connectivity index (χ2v) is 8.95. The van der Waals surface area contributed by atoms with Crippen molar-refractivity contribution in [3.05, 3.63) is 59.0 Å². The zero-order valence-corrected chi connectivity index (χ0v) is 17.8. The van der Waals surface area contributed by atoms with E-state index in [1.807, 2.05) is 19.9 Å². The zero-order chi connectivity index (χ0) is 22.1. The molecular formula is C19H22N6O4S. The van der Waals surface area contributed by atoms with Crippen LogP contribution in [0.1, 0.15) is 27.3 Å². The number of amides is 2. The van der Waals surface area contributed by atoms with Gasteiger partial charge in [-0.25, -0.2) is 17.9 Å². The predicted molar refractivity (Wildman–Crippen MR) is 109 cm³/mol. The number of hydrogen-bond acceptors (Lipinski definition) is 6. The summed E-state index contributed by atoms with van der Waals surface area (Å²) in [6.07, 6.45) is 1.35. The number of aryl methyl sites for hydroxylation is 3. The van der Waals surface area contributed by atoms with Gasteiger partial charge >= 0.3 is 0 Å². The van der Waals surface area contributed by atoms with Gasteiger partial charge in [-0.1, -0.05) is 17.7 Å². The molecular weight excluding hydrogens is 408 g/mol. The molecule has 0 saturated carbocycles. The van der Waals surface area contributed by atoms with Crippen LogP contribution in [0.4, 0.5) is 0 Å². The Balaban J connectivity index is 1.64. The van der Waals surface area contributed by atoms with E-state index in [0.29, 0.717) is 5.65 Å². The topological polar surface area (TPSA) is 126 Å². The number of nitrogens with one attached hydrogen (secondary N) is 2. The van der Waals surface area contributed by atoms with Crippen molar-refractivity contribution in [1.29, 1.82) is 0 Å². The standard InChI is InChI=1S/C19H22N6O4S/c1-12-5-7-15(8-6-12)30(28,29)24(4)11-17(26)22-23-19(27)16-10-20-25-14(3)9-13(2)21-18(16)25/h5-10H,11H2,1-4H3,(H,22,26)(H,23,27). The molecule has 0 spiro atoms. The predicted octanol–water partition coefficient (Wildman–Crippen LogP) is 0.736. The highest BCUT2D eigenvalue weighted by molar-refractivity contribution is 7.89. The van der Waals surface area contributed by atoms with E-state index in [9.17, 15) is 18.0 Å².